The summed E-state index contributed by atoms with van der Waals surface area (Å²) in [7, 11) is 0. The molecule has 0 aliphatic rings. The number of halogens is 1. The first-order valence-corrected chi connectivity index (χ1v) is 9.06. The quantitative estimate of drug-likeness (QED) is 0.450. The summed E-state index contributed by atoms with van der Waals surface area (Å²) in [6.45, 7) is 5.08. The molecule has 0 saturated heterocycles. The number of benzene rings is 1. The topological polar surface area (TPSA) is 131 Å². The van der Waals surface area contributed by atoms with Crippen LogP contribution in [-0.2, 0) is 11.3 Å². The number of nitro benzene ring substituents is 1. The van der Waals surface area contributed by atoms with Gasteiger partial charge in [0, 0.05) is 12.1 Å². The Morgan fingerprint density at radius 3 is 2.43 bits per heavy atom. The predicted octanol–water partition coefficient (Wildman–Crippen LogP) is 1.91. The number of carbonyl (C=O) groups is 1. The molecule has 0 spiro atoms. The van der Waals surface area contributed by atoms with E-state index in [1.54, 1.807) is 18.5 Å². The molecule has 1 heterocycles. The lowest BCUT2D eigenvalue weighted by Crippen LogP contribution is -2.44. The number of hydrogen-bond donors (Lipinski definition) is 3. The number of rotatable bonds is 8. The van der Waals surface area contributed by atoms with E-state index in [0.29, 0.717) is 16.3 Å². The molecular formula is C18H23ClN4O5. The van der Waals surface area contributed by atoms with Gasteiger partial charge in [-0.2, -0.15) is 5.10 Å². The lowest BCUT2D eigenvalue weighted by atomic mass is 10.0. The van der Waals surface area contributed by atoms with Crippen molar-refractivity contribution >= 4 is 23.2 Å². The van der Waals surface area contributed by atoms with Gasteiger partial charge in [0.1, 0.15) is 6.10 Å². The first kappa shape index (κ1) is 21.8. The van der Waals surface area contributed by atoms with Crippen LogP contribution in [0.15, 0.2) is 24.3 Å². The summed E-state index contributed by atoms with van der Waals surface area (Å²) in [6, 6.07) is 4.33. The van der Waals surface area contributed by atoms with Crippen molar-refractivity contribution in [1.29, 1.82) is 0 Å². The van der Waals surface area contributed by atoms with Gasteiger partial charge in [0.05, 0.1) is 46.4 Å². The molecule has 0 fully saturated rings. The molecule has 0 aliphatic carbocycles. The van der Waals surface area contributed by atoms with E-state index >= 15 is 0 Å². The van der Waals surface area contributed by atoms with Gasteiger partial charge < -0.3 is 15.5 Å². The Morgan fingerprint density at radius 2 is 1.96 bits per heavy atom. The zero-order valence-electron chi connectivity index (χ0n) is 15.8. The first-order valence-electron chi connectivity index (χ1n) is 8.68. The zero-order valence-corrected chi connectivity index (χ0v) is 16.6. The number of aryl methyl sites for hydroxylation is 1. The van der Waals surface area contributed by atoms with E-state index in [4.69, 9.17) is 11.6 Å². The van der Waals surface area contributed by atoms with Crippen molar-refractivity contribution in [3.05, 3.63) is 56.4 Å². The van der Waals surface area contributed by atoms with Crippen molar-refractivity contribution in [2.24, 2.45) is 5.92 Å². The third-order valence-corrected chi connectivity index (χ3v) is 5.09. The van der Waals surface area contributed by atoms with E-state index in [0.717, 1.165) is 5.69 Å². The van der Waals surface area contributed by atoms with Crippen LogP contribution in [0.1, 0.15) is 30.0 Å². The molecule has 28 heavy (non-hydrogen) atoms. The second-order valence-electron chi connectivity index (χ2n) is 6.66. The number of nitrogens with zero attached hydrogens (tertiary/aromatic N) is 3. The molecule has 1 amide bonds. The summed E-state index contributed by atoms with van der Waals surface area (Å²) in [5.74, 6) is -0.865. The second kappa shape index (κ2) is 9.13. The second-order valence-corrected chi connectivity index (χ2v) is 7.04. The van der Waals surface area contributed by atoms with Gasteiger partial charge in [-0.15, -0.1) is 0 Å². The average molecular weight is 411 g/mol. The molecule has 9 nitrogen and oxygen atoms in total. The molecule has 0 radical (unpaired) electrons. The molecule has 152 valence electrons. The predicted molar refractivity (Wildman–Crippen MR) is 103 cm³/mol. The van der Waals surface area contributed by atoms with Crippen LogP contribution >= 0.6 is 11.6 Å². The fourth-order valence-corrected chi connectivity index (χ4v) is 2.91. The van der Waals surface area contributed by atoms with E-state index in [1.165, 1.54) is 24.3 Å². The summed E-state index contributed by atoms with van der Waals surface area (Å²) >= 11 is 6.12. The lowest BCUT2D eigenvalue weighted by Gasteiger charge is -2.24. The van der Waals surface area contributed by atoms with Gasteiger partial charge in [-0.25, -0.2) is 0 Å². The molecule has 10 heteroatoms. The van der Waals surface area contributed by atoms with Gasteiger partial charge in [0.15, 0.2) is 0 Å². The number of hydrogen-bond acceptors (Lipinski definition) is 6. The minimum Gasteiger partial charge on any atom is -0.394 e. The normalized spacial score (nSPS) is 14.4. The minimum atomic E-state index is -1.22. The highest BCUT2D eigenvalue weighted by Gasteiger charge is 2.25. The smallest absolute Gasteiger partial charge is 0.269 e. The number of aliphatic hydroxyl groups is 2. The highest BCUT2D eigenvalue weighted by atomic mass is 35.5. The molecule has 0 bridgehead atoms. The van der Waals surface area contributed by atoms with Crippen LogP contribution in [0.2, 0.25) is 5.02 Å². The molecule has 3 unspecified atom stereocenters. The Kier molecular flexibility index (Phi) is 7.11. The Balaban J connectivity index is 2.04. The molecule has 3 N–H and O–H groups in total. The Bertz CT molecular complexity index is 852. The zero-order chi connectivity index (χ0) is 21.0. The molecule has 0 saturated carbocycles. The number of amides is 1. The Labute approximate surface area is 167 Å². The fraction of sp³-hybridized carbons (Fsp3) is 0.444. The molecule has 1 aromatic carbocycles. The summed E-state index contributed by atoms with van der Waals surface area (Å²) in [6.07, 6.45) is -1.22. The van der Waals surface area contributed by atoms with Crippen LogP contribution in [0, 0.1) is 29.9 Å². The highest BCUT2D eigenvalue weighted by molar-refractivity contribution is 6.31. The van der Waals surface area contributed by atoms with Crippen LogP contribution in [0.25, 0.3) is 0 Å². The van der Waals surface area contributed by atoms with E-state index in [1.807, 2.05) is 6.92 Å². The van der Waals surface area contributed by atoms with Crippen LogP contribution in [0.4, 0.5) is 5.69 Å². The van der Waals surface area contributed by atoms with Gasteiger partial charge in [-0.3, -0.25) is 19.6 Å². The maximum atomic E-state index is 12.5. The van der Waals surface area contributed by atoms with Crippen molar-refractivity contribution in [2.75, 3.05) is 6.61 Å². The van der Waals surface area contributed by atoms with Crippen molar-refractivity contribution in [2.45, 2.75) is 39.5 Å². The third-order valence-electron chi connectivity index (χ3n) is 4.54. The lowest BCUT2D eigenvalue weighted by molar-refractivity contribution is -0.384. The number of nitrogens with one attached hydrogen (secondary N) is 1. The molecular weight excluding hydrogens is 388 g/mol. The van der Waals surface area contributed by atoms with E-state index in [-0.39, 0.29) is 18.1 Å². The summed E-state index contributed by atoms with van der Waals surface area (Å²) in [4.78, 5) is 22.7. The van der Waals surface area contributed by atoms with Crippen LogP contribution in [0.3, 0.4) is 0 Å². The van der Waals surface area contributed by atoms with Crippen molar-refractivity contribution in [1.82, 2.24) is 15.1 Å². The van der Waals surface area contributed by atoms with Crippen LogP contribution in [-0.4, -0.2) is 43.5 Å². The average Bonchev–Trinajstić information content (AvgIpc) is 2.92. The number of carbonyl (C=O) groups excluding carboxylic acids is 1. The van der Waals surface area contributed by atoms with Crippen molar-refractivity contribution < 1.29 is 19.9 Å². The summed E-state index contributed by atoms with van der Waals surface area (Å²) in [5.41, 5.74) is 1.66. The minimum absolute atomic E-state index is 0.113. The van der Waals surface area contributed by atoms with E-state index in [2.05, 4.69) is 10.4 Å². The maximum Gasteiger partial charge on any atom is 0.269 e. The number of aromatic nitrogens is 2. The first-order chi connectivity index (χ1) is 13.1. The van der Waals surface area contributed by atoms with E-state index < -0.39 is 29.6 Å². The molecule has 1 aromatic heterocycles. The van der Waals surface area contributed by atoms with Gasteiger partial charge in [0.2, 0.25) is 5.91 Å². The Hall–Kier alpha value is -2.49. The third kappa shape index (κ3) is 4.86. The largest absolute Gasteiger partial charge is 0.394 e. The molecule has 0 aliphatic heterocycles. The number of aliphatic hydroxyl groups excluding tert-OH is 2. The molecule has 2 aromatic rings. The fourth-order valence-electron chi connectivity index (χ4n) is 2.77. The van der Waals surface area contributed by atoms with Gasteiger partial charge in [-0.1, -0.05) is 18.5 Å². The maximum absolute atomic E-state index is 12.5. The van der Waals surface area contributed by atoms with Gasteiger partial charge in [0.25, 0.3) is 5.69 Å². The van der Waals surface area contributed by atoms with Crippen molar-refractivity contribution in [3.63, 3.8) is 0 Å². The van der Waals surface area contributed by atoms with Gasteiger partial charge >= 0.3 is 0 Å². The summed E-state index contributed by atoms with van der Waals surface area (Å²) < 4.78 is 1.64. The Morgan fingerprint density at radius 1 is 1.36 bits per heavy atom. The monoisotopic (exact) mass is 410 g/mol. The van der Waals surface area contributed by atoms with Crippen molar-refractivity contribution in [3.8, 4) is 0 Å². The molecule has 2 rings (SSSR count). The van der Waals surface area contributed by atoms with Gasteiger partial charge in [-0.05, 0) is 31.5 Å². The van der Waals surface area contributed by atoms with Crippen LogP contribution in [0.5, 0.6) is 0 Å². The van der Waals surface area contributed by atoms with E-state index in [9.17, 15) is 25.1 Å². The number of non-ortho nitro benzene ring substituents is 1. The standard InChI is InChI=1S/C18H23ClN4O5/c1-10(8-22-12(3)16(19)11(2)21-22)18(26)20-15(9-24)17(25)13-4-6-14(7-5-13)23(27)28/h4-7,10,15,17,24-25H,8-9H2,1-3H3,(H,20,26). The molecule has 3 atom stereocenters. The summed E-state index contributed by atoms with van der Waals surface area (Å²) in [5, 5.41) is 38.2. The SMILES string of the molecule is Cc1nn(CC(C)C(=O)NC(CO)C(O)c2ccc([N+](=O)[O-])cc2)c(C)c1Cl. The number of nitro groups is 1. The highest BCUT2D eigenvalue weighted by Crippen LogP contribution is 2.22. The van der Waals surface area contributed by atoms with Crippen LogP contribution < -0.4 is 5.32 Å².